The third-order valence-corrected chi connectivity index (χ3v) is 3.15. The molecule has 2 aromatic heterocycles. The second-order valence-electron chi connectivity index (χ2n) is 4.65. The summed E-state index contributed by atoms with van der Waals surface area (Å²) in [6, 6.07) is 11.5. The van der Waals surface area contributed by atoms with Gasteiger partial charge >= 0.3 is 0 Å². The molecule has 1 atom stereocenters. The van der Waals surface area contributed by atoms with E-state index >= 15 is 0 Å². The van der Waals surface area contributed by atoms with E-state index in [9.17, 15) is 5.11 Å². The third-order valence-electron chi connectivity index (χ3n) is 3.15. The first kappa shape index (κ1) is 12.8. The Kier molecular flexibility index (Phi) is 3.71. The quantitative estimate of drug-likeness (QED) is 0.737. The molecule has 0 aliphatic carbocycles. The van der Waals surface area contributed by atoms with Gasteiger partial charge in [0.15, 0.2) is 5.65 Å². The van der Waals surface area contributed by atoms with Crippen molar-refractivity contribution in [2.75, 3.05) is 6.54 Å². The standard InChI is InChI=1S/C15H16N4O/c20-14(13-4-2-1-3-5-13)10-16-8-12-9-17-15-6-7-18-19(15)11-12/h1-7,9,11,14,16,20H,8,10H2/t14-/m0/s1. The van der Waals surface area contributed by atoms with Gasteiger partial charge in [0, 0.05) is 37.1 Å². The summed E-state index contributed by atoms with van der Waals surface area (Å²) in [6.45, 7) is 1.15. The van der Waals surface area contributed by atoms with Gasteiger partial charge in [0.25, 0.3) is 0 Å². The summed E-state index contributed by atoms with van der Waals surface area (Å²) >= 11 is 0. The lowest BCUT2D eigenvalue weighted by Crippen LogP contribution is -2.21. The zero-order valence-corrected chi connectivity index (χ0v) is 11.0. The maximum Gasteiger partial charge on any atom is 0.154 e. The zero-order valence-electron chi connectivity index (χ0n) is 11.0. The van der Waals surface area contributed by atoms with Gasteiger partial charge in [-0.05, 0) is 5.56 Å². The largest absolute Gasteiger partial charge is 0.387 e. The monoisotopic (exact) mass is 268 g/mol. The molecule has 2 heterocycles. The Bertz CT molecular complexity index is 680. The minimum Gasteiger partial charge on any atom is -0.387 e. The predicted octanol–water partition coefficient (Wildman–Crippen LogP) is 1.55. The Balaban J connectivity index is 1.57. The molecule has 0 fully saturated rings. The molecule has 0 spiro atoms. The molecule has 5 heteroatoms. The van der Waals surface area contributed by atoms with E-state index in [1.807, 2.05) is 48.8 Å². The minimum absolute atomic E-state index is 0.501. The van der Waals surface area contributed by atoms with Crippen molar-refractivity contribution in [3.05, 3.63) is 66.1 Å². The first-order valence-electron chi connectivity index (χ1n) is 6.55. The van der Waals surface area contributed by atoms with Crippen LogP contribution in [0.4, 0.5) is 0 Å². The average molecular weight is 268 g/mol. The summed E-state index contributed by atoms with van der Waals surface area (Å²) in [5.41, 5.74) is 2.78. The Hall–Kier alpha value is -2.24. The summed E-state index contributed by atoms with van der Waals surface area (Å²) in [4.78, 5) is 4.30. The van der Waals surface area contributed by atoms with Gasteiger partial charge in [-0.2, -0.15) is 5.10 Å². The molecule has 0 saturated heterocycles. The molecule has 2 N–H and O–H groups in total. The van der Waals surface area contributed by atoms with Crippen LogP contribution in [0, 0.1) is 0 Å². The molecule has 1 aromatic carbocycles. The van der Waals surface area contributed by atoms with Crippen LogP contribution >= 0.6 is 0 Å². The Morgan fingerprint density at radius 2 is 2.05 bits per heavy atom. The van der Waals surface area contributed by atoms with Crippen molar-refractivity contribution in [1.29, 1.82) is 0 Å². The van der Waals surface area contributed by atoms with E-state index in [0.29, 0.717) is 13.1 Å². The van der Waals surface area contributed by atoms with E-state index < -0.39 is 6.10 Å². The number of aliphatic hydroxyl groups excluding tert-OH is 1. The maximum atomic E-state index is 10.0. The Morgan fingerprint density at radius 3 is 2.90 bits per heavy atom. The lowest BCUT2D eigenvalue weighted by molar-refractivity contribution is 0.174. The van der Waals surface area contributed by atoms with Gasteiger partial charge in [-0.1, -0.05) is 30.3 Å². The van der Waals surface area contributed by atoms with Crippen molar-refractivity contribution in [3.63, 3.8) is 0 Å². The van der Waals surface area contributed by atoms with Gasteiger partial charge in [-0.25, -0.2) is 9.50 Å². The van der Waals surface area contributed by atoms with Gasteiger partial charge in [0.1, 0.15) is 0 Å². The lowest BCUT2D eigenvalue weighted by Gasteiger charge is -2.12. The molecular formula is C15H16N4O. The average Bonchev–Trinajstić information content (AvgIpc) is 2.95. The normalized spacial score (nSPS) is 12.7. The van der Waals surface area contributed by atoms with Crippen LogP contribution in [0.15, 0.2) is 55.0 Å². The molecule has 5 nitrogen and oxygen atoms in total. The fraction of sp³-hybridized carbons (Fsp3) is 0.200. The van der Waals surface area contributed by atoms with Crippen LogP contribution in [0.1, 0.15) is 17.2 Å². The smallest absolute Gasteiger partial charge is 0.154 e. The highest BCUT2D eigenvalue weighted by atomic mass is 16.3. The molecule has 0 amide bonds. The van der Waals surface area contributed by atoms with Crippen LogP contribution in [0.5, 0.6) is 0 Å². The first-order valence-corrected chi connectivity index (χ1v) is 6.55. The summed E-state index contributed by atoms with van der Waals surface area (Å²) in [6.07, 6.45) is 4.97. The van der Waals surface area contributed by atoms with E-state index in [-0.39, 0.29) is 0 Å². The molecule has 0 saturated carbocycles. The highest BCUT2D eigenvalue weighted by Crippen LogP contribution is 2.10. The second-order valence-corrected chi connectivity index (χ2v) is 4.65. The topological polar surface area (TPSA) is 62.5 Å². The number of nitrogens with one attached hydrogen (secondary N) is 1. The van der Waals surface area contributed by atoms with Crippen LogP contribution in [0.2, 0.25) is 0 Å². The summed E-state index contributed by atoms with van der Waals surface area (Å²) in [5.74, 6) is 0. The number of benzene rings is 1. The second kappa shape index (κ2) is 5.81. The molecule has 3 rings (SSSR count). The molecule has 0 radical (unpaired) electrons. The van der Waals surface area contributed by atoms with Crippen molar-refractivity contribution in [2.24, 2.45) is 0 Å². The van der Waals surface area contributed by atoms with Gasteiger partial charge < -0.3 is 10.4 Å². The van der Waals surface area contributed by atoms with E-state index in [0.717, 1.165) is 16.8 Å². The van der Waals surface area contributed by atoms with Gasteiger partial charge in [0.05, 0.1) is 12.3 Å². The molecule has 0 unspecified atom stereocenters. The number of hydrogen-bond donors (Lipinski definition) is 2. The molecular weight excluding hydrogens is 252 g/mol. The molecule has 20 heavy (non-hydrogen) atoms. The summed E-state index contributed by atoms with van der Waals surface area (Å²) in [7, 11) is 0. The van der Waals surface area contributed by atoms with Crippen molar-refractivity contribution >= 4 is 5.65 Å². The number of aliphatic hydroxyl groups is 1. The van der Waals surface area contributed by atoms with Gasteiger partial charge in [-0.3, -0.25) is 0 Å². The third kappa shape index (κ3) is 2.84. The first-order chi connectivity index (χ1) is 9.83. The number of aromatic nitrogens is 3. The number of nitrogens with zero attached hydrogens (tertiary/aromatic N) is 3. The van der Waals surface area contributed by atoms with Crippen molar-refractivity contribution < 1.29 is 5.11 Å². The SMILES string of the molecule is O[C@@H](CNCc1cnc2ccnn2c1)c1ccccc1. The molecule has 102 valence electrons. The fourth-order valence-electron chi connectivity index (χ4n) is 2.09. The number of fused-ring (bicyclic) bond motifs is 1. The van der Waals surface area contributed by atoms with Crippen molar-refractivity contribution in [1.82, 2.24) is 19.9 Å². The Labute approximate surface area is 116 Å². The number of hydrogen-bond acceptors (Lipinski definition) is 4. The highest BCUT2D eigenvalue weighted by molar-refractivity contribution is 5.35. The van der Waals surface area contributed by atoms with Crippen LogP contribution in [0.3, 0.4) is 0 Å². The number of rotatable bonds is 5. The van der Waals surface area contributed by atoms with Gasteiger partial charge in [-0.15, -0.1) is 0 Å². The molecule has 3 aromatic rings. The van der Waals surface area contributed by atoms with Crippen molar-refractivity contribution in [3.8, 4) is 0 Å². The van der Waals surface area contributed by atoms with E-state index in [4.69, 9.17) is 0 Å². The highest BCUT2D eigenvalue weighted by Gasteiger charge is 2.06. The fourth-order valence-corrected chi connectivity index (χ4v) is 2.09. The predicted molar refractivity (Wildman–Crippen MR) is 76.1 cm³/mol. The van der Waals surface area contributed by atoms with Crippen LogP contribution in [-0.2, 0) is 6.54 Å². The van der Waals surface area contributed by atoms with Crippen LogP contribution in [-0.4, -0.2) is 26.2 Å². The minimum atomic E-state index is -0.502. The van der Waals surface area contributed by atoms with E-state index in [1.165, 1.54) is 0 Å². The molecule has 0 aliphatic rings. The van der Waals surface area contributed by atoms with Crippen LogP contribution < -0.4 is 5.32 Å². The van der Waals surface area contributed by atoms with E-state index in [2.05, 4.69) is 15.4 Å². The van der Waals surface area contributed by atoms with Crippen LogP contribution in [0.25, 0.3) is 5.65 Å². The van der Waals surface area contributed by atoms with Gasteiger partial charge in [0.2, 0.25) is 0 Å². The summed E-state index contributed by atoms with van der Waals surface area (Å²) < 4.78 is 1.74. The van der Waals surface area contributed by atoms with Crippen molar-refractivity contribution in [2.45, 2.75) is 12.6 Å². The summed E-state index contributed by atoms with van der Waals surface area (Å²) in [5, 5.41) is 17.4. The zero-order chi connectivity index (χ0) is 13.8. The van der Waals surface area contributed by atoms with E-state index in [1.54, 1.807) is 10.7 Å². The molecule has 0 bridgehead atoms. The molecule has 0 aliphatic heterocycles. The Morgan fingerprint density at radius 1 is 1.20 bits per heavy atom. The lowest BCUT2D eigenvalue weighted by atomic mass is 10.1. The maximum absolute atomic E-state index is 10.0.